The van der Waals surface area contributed by atoms with Crippen LogP contribution in [0.5, 0.6) is 5.75 Å². The van der Waals surface area contributed by atoms with Gasteiger partial charge in [-0.2, -0.15) is 0 Å². The van der Waals surface area contributed by atoms with E-state index >= 15 is 0 Å². The van der Waals surface area contributed by atoms with Crippen molar-refractivity contribution in [1.29, 1.82) is 0 Å². The van der Waals surface area contributed by atoms with E-state index in [1.165, 1.54) is 0 Å². The molecular weight excluding hydrogens is 376 g/mol. The molecule has 0 saturated heterocycles. The highest BCUT2D eigenvalue weighted by atomic mass is 35.5. The summed E-state index contributed by atoms with van der Waals surface area (Å²) in [6.07, 6.45) is 0.195. The fourth-order valence-electron chi connectivity index (χ4n) is 2.83. The van der Waals surface area contributed by atoms with E-state index in [1.807, 2.05) is 50.2 Å². The van der Waals surface area contributed by atoms with E-state index in [1.54, 1.807) is 31.1 Å². The van der Waals surface area contributed by atoms with Gasteiger partial charge < -0.3 is 15.0 Å². The summed E-state index contributed by atoms with van der Waals surface area (Å²) in [7, 11) is 1.60. The van der Waals surface area contributed by atoms with Gasteiger partial charge >= 0.3 is 0 Å². The first-order chi connectivity index (χ1) is 13.3. The normalized spacial score (nSPS) is 11.8. The fraction of sp³-hybridized carbons (Fsp3) is 0.364. The van der Waals surface area contributed by atoms with E-state index in [2.05, 4.69) is 5.32 Å². The molecule has 1 N–H and O–H groups in total. The van der Waals surface area contributed by atoms with E-state index in [4.69, 9.17) is 16.3 Å². The Kier molecular flexibility index (Phi) is 7.88. The SMILES string of the molecule is COc1cccc(CN(C(=O)Cc2ccc(Cl)cc2)[C@H](C)C(=O)NC(C)C)c1. The Morgan fingerprint density at radius 1 is 1.07 bits per heavy atom. The van der Waals surface area contributed by atoms with Crippen molar-refractivity contribution in [2.24, 2.45) is 0 Å². The summed E-state index contributed by atoms with van der Waals surface area (Å²) in [4.78, 5) is 27.2. The van der Waals surface area contributed by atoms with Crippen LogP contribution in [0.1, 0.15) is 31.9 Å². The third-order valence-electron chi connectivity index (χ3n) is 4.35. The molecule has 2 rings (SSSR count). The molecule has 0 aliphatic rings. The summed E-state index contributed by atoms with van der Waals surface area (Å²) < 4.78 is 5.27. The van der Waals surface area contributed by atoms with Crippen LogP contribution in [-0.2, 0) is 22.6 Å². The zero-order chi connectivity index (χ0) is 20.7. The standard InChI is InChI=1S/C22H27ClN2O3/c1-15(2)24-22(27)16(3)25(14-18-6-5-7-20(12-18)28-4)21(26)13-17-8-10-19(23)11-9-17/h5-12,15-16H,13-14H2,1-4H3,(H,24,27)/t16-/m1/s1. The maximum Gasteiger partial charge on any atom is 0.242 e. The number of halogens is 1. The third kappa shape index (κ3) is 6.27. The van der Waals surface area contributed by atoms with Gasteiger partial charge in [0.05, 0.1) is 13.5 Å². The van der Waals surface area contributed by atoms with Crippen LogP contribution in [0.3, 0.4) is 0 Å². The molecule has 1 atom stereocenters. The first-order valence-corrected chi connectivity index (χ1v) is 9.65. The average Bonchev–Trinajstić information content (AvgIpc) is 2.67. The van der Waals surface area contributed by atoms with Crippen molar-refractivity contribution in [2.45, 2.75) is 45.8 Å². The Bertz CT molecular complexity index is 806. The van der Waals surface area contributed by atoms with E-state index in [0.29, 0.717) is 17.3 Å². The van der Waals surface area contributed by atoms with Crippen molar-refractivity contribution in [2.75, 3.05) is 7.11 Å². The number of benzene rings is 2. The van der Waals surface area contributed by atoms with Gasteiger partial charge in [0.2, 0.25) is 11.8 Å². The molecule has 0 aromatic heterocycles. The smallest absolute Gasteiger partial charge is 0.242 e. The first-order valence-electron chi connectivity index (χ1n) is 9.27. The number of hydrogen-bond acceptors (Lipinski definition) is 3. The molecular formula is C22H27ClN2O3. The summed E-state index contributed by atoms with van der Waals surface area (Å²) in [5, 5.41) is 3.50. The van der Waals surface area contributed by atoms with E-state index in [0.717, 1.165) is 11.1 Å². The molecule has 28 heavy (non-hydrogen) atoms. The van der Waals surface area contributed by atoms with Crippen molar-refractivity contribution in [3.63, 3.8) is 0 Å². The van der Waals surface area contributed by atoms with Gasteiger partial charge in [-0.1, -0.05) is 35.9 Å². The molecule has 2 amide bonds. The lowest BCUT2D eigenvalue weighted by atomic mass is 10.1. The van der Waals surface area contributed by atoms with Crippen LogP contribution in [-0.4, -0.2) is 35.9 Å². The topological polar surface area (TPSA) is 58.6 Å². The number of carbonyl (C=O) groups is 2. The Morgan fingerprint density at radius 2 is 1.75 bits per heavy atom. The molecule has 0 aliphatic carbocycles. The minimum absolute atomic E-state index is 0.0000124. The summed E-state index contributed by atoms with van der Waals surface area (Å²) in [6.45, 7) is 5.85. The zero-order valence-corrected chi connectivity index (χ0v) is 17.5. The summed E-state index contributed by atoms with van der Waals surface area (Å²) in [5.41, 5.74) is 1.74. The van der Waals surface area contributed by atoms with Crippen molar-refractivity contribution >= 4 is 23.4 Å². The average molecular weight is 403 g/mol. The molecule has 0 heterocycles. The molecule has 0 saturated carbocycles. The highest BCUT2D eigenvalue weighted by Crippen LogP contribution is 2.18. The van der Waals surface area contributed by atoms with Crippen LogP contribution in [0.15, 0.2) is 48.5 Å². The van der Waals surface area contributed by atoms with E-state index < -0.39 is 6.04 Å². The van der Waals surface area contributed by atoms with Gasteiger partial charge in [-0.05, 0) is 56.2 Å². The van der Waals surface area contributed by atoms with Gasteiger partial charge in [0, 0.05) is 17.6 Å². The predicted octanol–water partition coefficient (Wildman–Crippen LogP) is 3.83. The Hall–Kier alpha value is -2.53. The number of amides is 2. The Morgan fingerprint density at radius 3 is 2.36 bits per heavy atom. The van der Waals surface area contributed by atoms with Crippen LogP contribution in [0, 0.1) is 0 Å². The quantitative estimate of drug-likeness (QED) is 0.729. The van der Waals surface area contributed by atoms with Crippen LogP contribution in [0.25, 0.3) is 0 Å². The highest BCUT2D eigenvalue weighted by molar-refractivity contribution is 6.30. The number of hydrogen-bond donors (Lipinski definition) is 1. The fourth-order valence-corrected chi connectivity index (χ4v) is 2.96. The molecule has 0 aliphatic heterocycles. The monoisotopic (exact) mass is 402 g/mol. The number of methoxy groups -OCH3 is 1. The third-order valence-corrected chi connectivity index (χ3v) is 4.61. The second kappa shape index (κ2) is 10.1. The summed E-state index contributed by atoms with van der Waals surface area (Å²) >= 11 is 5.93. The Balaban J connectivity index is 2.24. The second-order valence-electron chi connectivity index (χ2n) is 7.02. The molecule has 0 bridgehead atoms. The molecule has 0 radical (unpaired) electrons. The van der Waals surface area contributed by atoms with Crippen LogP contribution in [0.2, 0.25) is 5.02 Å². The highest BCUT2D eigenvalue weighted by Gasteiger charge is 2.26. The molecule has 0 unspecified atom stereocenters. The van der Waals surface area contributed by atoms with Gasteiger partial charge in [-0.15, -0.1) is 0 Å². The van der Waals surface area contributed by atoms with Gasteiger partial charge in [-0.3, -0.25) is 9.59 Å². The van der Waals surface area contributed by atoms with Crippen molar-refractivity contribution in [3.8, 4) is 5.75 Å². The van der Waals surface area contributed by atoms with E-state index in [-0.39, 0.29) is 24.3 Å². The maximum absolute atomic E-state index is 13.1. The number of nitrogens with zero attached hydrogens (tertiary/aromatic N) is 1. The largest absolute Gasteiger partial charge is 0.497 e. The molecule has 6 heteroatoms. The molecule has 2 aromatic rings. The molecule has 150 valence electrons. The zero-order valence-electron chi connectivity index (χ0n) is 16.7. The van der Waals surface area contributed by atoms with Gasteiger partial charge in [-0.25, -0.2) is 0 Å². The molecule has 5 nitrogen and oxygen atoms in total. The Labute approximate surface area is 171 Å². The summed E-state index contributed by atoms with van der Waals surface area (Å²) in [6, 6.07) is 14.1. The van der Waals surface area contributed by atoms with Crippen LogP contribution in [0.4, 0.5) is 0 Å². The van der Waals surface area contributed by atoms with Gasteiger partial charge in [0.15, 0.2) is 0 Å². The minimum atomic E-state index is -0.603. The summed E-state index contributed by atoms with van der Waals surface area (Å²) in [5.74, 6) is 0.404. The number of rotatable bonds is 8. The number of nitrogens with one attached hydrogen (secondary N) is 1. The lowest BCUT2D eigenvalue weighted by molar-refractivity contribution is -0.140. The lowest BCUT2D eigenvalue weighted by Gasteiger charge is -2.29. The van der Waals surface area contributed by atoms with Crippen molar-refractivity contribution in [1.82, 2.24) is 10.2 Å². The second-order valence-corrected chi connectivity index (χ2v) is 7.45. The molecule has 0 fully saturated rings. The number of carbonyl (C=O) groups excluding carboxylic acids is 2. The minimum Gasteiger partial charge on any atom is -0.497 e. The number of ether oxygens (including phenoxy) is 1. The van der Waals surface area contributed by atoms with E-state index in [9.17, 15) is 9.59 Å². The molecule has 2 aromatic carbocycles. The van der Waals surface area contributed by atoms with Gasteiger partial charge in [0.1, 0.15) is 11.8 Å². The van der Waals surface area contributed by atoms with Gasteiger partial charge in [0.25, 0.3) is 0 Å². The maximum atomic E-state index is 13.1. The van der Waals surface area contributed by atoms with Crippen molar-refractivity contribution < 1.29 is 14.3 Å². The molecule has 0 spiro atoms. The van der Waals surface area contributed by atoms with Crippen molar-refractivity contribution in [3.05, 3.63) is 64.7 Å². The predicted molar refractivity (Wildman–Crippen MR) is 111 cm³/mol. The lowest BCUT2D eigenvalue weighted by Crippen LogP contribution is -2.49. The van der Waals surface area contributed by atoms with Crippen LogP contribution >= 0.6 is 11.6 Å². The first kappa shape index (κ1) is 21.8. The van der Waals surface area contributed by atoms with Crippen LogP contribution < -0.4 is 10.1 Å².